The third kappa shape index (κ3) is 1.92. The zero-order valence-corrected chi connectivity index (χ0v) is 8.26. The summed E-state index contributed by atoms with van der Waals surface area (Å²) in [5.41, 5.74) is 0. The van der Waals surface area contributed by atoms with E-state index >= 15 is 0 Å². The summed E-state index contributed by atoms with van der Waals surface area (Å²) in [6.07, 6.45) is 2.56. The van der Waals surface area contributed by atoms with E-state index in [4.69, 9.17) is 4.52 Å². The molecule has 0 N–H and O–H groups in total. The summed E-state index contributed by atoms with van der Waals surface area (Å²) in [6, 6.07) is 0. The fourth-order valence-corrected chi connectivity index (χ4v) is 1.85. The van der Waals surface area contributed by atoms with E-state index in [2.05, 4.69) is 15.1 Å². The van der Waals surface area contributed by atoms with E-state index in [9.17, 15) is 0 Å². The highest BCUT2D eigenvalue weighted by atomic mass is 32.1. The number of aryl methyl sites for hydroxylation is 2. The zero-order chi connectivity index (χ0) is 9.26. The molecule has 0 unspecified atom stereocenters. The normalized spacial score (nSPS) is 10.6. The lowest BCUT2D eigenvalue weighted by molar-refractivity contribution is 0.388. The van der Waals surface area contributed by atoms with Crippen molar-refractivity contribution >= 4 is 11.3 Å². The van der Waals surface area contributed by atoms with Gasteiger partial charge in [0.1, 0.15) is 0 Å². The van der Waals surface area contributed by atoms with Crippen LogP contribution in [-0.4, -0.2) is 15.1 Å². The molecule has 2 rings (SSSR count). The second kappa shape index (κ2) is 3.26. The lowest BCUT2D eigenvalue weighted by Gasteiger charge is -1.85. The van der Waals surface area contributed by atoms with Crippen LogP contribution in [0.1, 0.15) is 21.6 Å². The fourth-order valence-electron chi connectivity index (χ4n) is 1.06. The van der Waals surface area contributed by atoms with Crippen molar-refractivity contribution in [1.29, 1.82) is 0 Å². The summed E-state index contributed by atoms with van der Waals surface area (Å²) >= 11 is 1.66. The minimum absolute atomic E-state index is 0.608. The molecule has 2 aromatic rings. The van der Waals surface area contributed by atoms with Crippen molar-refractivity contribution in [3.05, 3.63) is 27.8 Å². The monoisotopic (exact) mass is 195 g/mol. The minimum atomic E-state index is 0.608. The van der Waals surface area contributed by atoms with Crippen LogP contribution in [0.15, 0.2) is 10.7 Å². The van der Waals surface area contributed by atoms with Crippen molar-refractivity contribution in [3.8, 4) is 0 Å². The number of hydrogen-bond acceptors (Lipinski definition) is 5. The molecule has 0 saturated carbocycles. The maximum Gasteiger partial charge on any atom is 0.223 e. The molecule has 5 heteroatoms. The average molecular weight is 195 g/mol. The van der Waals surface area contributed by atoms with Crippen LogP contribution >= 0.6 is 11.3 Å². The van der Waals surface area contributed by atoms with Crippen LogP contribution < -0.4 is 0 Å². The number of nitrogens with zero attached hydrogens (tertiary/aromatic N) is 3. The third-order valence-electron chi connectivity index (χ3n) is 1.57. The van der Waals surface area contributed by atoms with E-state index < -0.39 is 0 Å². The molecular weight excluding hydrogens is 186 g/mol. The Morgan fingerprint density at radius 3 is 2.85 bits per heavy atom. The molecule has 68 valence electrons. The number of hydrogen-bond donors (Lipinski definition) is 0. The highest BCUT2D eigenvalue weighted by Gasteiger charge is 2.05. The van der Waals surface area contributed by atoms with Gasteiger partial charge in [0.05, 0.1) is 5.01 Å². The van der Waals surface area contributed by atoms with Gasteiger partial charge in [0.15, 0.2) is 5.82 Å². The molecular formula is C8H9N3OS. The predicted molar refractivity (Wildman–Crippen MR) is 48.7 cm³/mol. The highest BCUT2D eigenvalue weighted by Crippen LogP contribution is 2.14. The Labute approximate surface area is 79.6 Å². The van der Waals surface area contributed by atoms with Gasteiger partial charge in [0.2, 0.25) is 5.89 Å². The van der Waals surface area contributed by atoms with E-state index in [1.165, 1.54) is 4.88 Å². The Morgan fingerprint density at radius 2 is 2.31 bits per heavy atom. The highest BCUT2D eigenvalue weighted by molar-refractivity contribution is 7.11. The predicted octanol–water partition coefficient (Wildman–Crippen LogP) is 1.73. The smallest absolute Gasteiger partial charge is 0.223 e. The van der Waals surface area contributed by atoms with Crippen LogP contribution in [0.4, 0.5) is 0 Å². The molecule has 0 fully saturated rings. The first-order valence-electron chi connectivity index (χ1n) is 3.94. The van der Waals surface area contributed by atoms with Crippen molar-refractivity contribution in [2.24, 2.45) is 0 Å². The average Bonchev–Trinajstić information content (AvgIpc) is 2.62. The Kier molecular flexibility index (Phi) is 2.10. The van der Waals surface area contributed by atoms with Gasteiger partial charge >= 0.3 is 0 Å². The Bertz CT molecular complexity index is 369. The molecule has 0 amide bonds. The second-order valence-corrected chi connectivity index (χ2v) is 4.07. The largest absolute Gasteiger partial charge is 0.340 e. The molecule has 0 radical (unpaired) electrons. The van der Waals surface area contributed by atoms with Crippen LogP contribution in [-0.2, 0) is 6.42 Å². The van der Waals surface area contributed by atoms with Gasteiger partial charge in [-0.15, -0.1) is 11.3 Å². The third-order valence-corrected chi connectivity index (χ3v) is 2.48. The van der Waals surface area contributed by atoms with Crippen LogP contribution in [0.25, 0.3) is 0 Å². The van der Waals surface area contributed by atoms with E-state index in [0.717, 1.165) is 10.8 Å². The maximum atomic E-state index is 4.87. The maximum absolute atomic E-state index is 4.87. The Hall–Kier alpha value is -1.23. The van der Waals surface area contributed by atoms with Crippen LogP contribution in [0.5, 0.6) is 0 Å². The van der Waals surface area contributed by atoms with Gasteiger partial charge < -0.3 is 4.52 Å². The zero-order valence-electron chi connectivity index (χ0n) is 7.44. The summed E-state index contributed by atoms with van der Waals surface area (Å²) in [7, 11) is 0. The van der Waals surface area contributed by atoms with Gasteiger partial charge in [-0.3, -0.25) is 0 Å². The van der Waals surface area contributed by atoms with Crippen LogP contribution in [0, 0.1) is 13.8 Å². The molecule has 13 heavy (non-hydrogen) atoms. The molecule has 0 aliphatic heterocycles. The van der Waals surface area contributed by atoms with Crippen molar-refractivity contribution in [2.75, 3.05) is 0 Å². The van der Waals surface area contributed by atoms with Crippen LogP contribution in [0.2, 0.25) is 0 Å². The Morgan fingerprint density at radius 1 is 1.46 bits per heavy atom. The van der Waals surface area contributed by atoms with E-state index in [1.807, 2.05) is 13.1 Å². The topological polar surface area (TPSA) is 51.8 Å². The van der Waals surface area contributed by atoms with Gasteiger partial charge in [0, 0.05) is 24.4 Å². The van der Waals surface area contributed by atoms with Crippen molar-refractivity contribution in [1.82, 2.24) is 15.1 Å². The molecule has 0 atom stereocenters. The number of aromatic nitrogens is 3. The summed E-state index contributed by atoms with van der Waals surface area (Å²) in [5, 5.41) is 4.88. The van der Waals surface area contributed by atoms with E-state index in [-0.39, 0.29) is 0 Å². The standard InChI is InChI=1S/C8H9N3OS/c1-5-10-8(11-12-5)3-7-4-9-6(2)13-7/h4H,3H2,1-2H3. The quantitative estimate of drug-likeness (QED) is 0.732. The lowest BCUT2D eigenvalue weighted by atomic mass is 10.4. The molecule has 0 spiro atoms. The molecule has 0 saturated heterocycles. The van der Waals surface area contributed by atoms with E-state index in [1.54, 1.807) is 18.3 Å². The van der Waals surface area contributed by atoms with Gasteiger partial charge in [-0.25, -0.2) is 4.98 Å². The molecule has 4 nitrogen and oxygen atoms in total. The van der Waals surface area contributed by atoms with Crippen molar-refractivity contribution in [2.45, 2.75) is 20.3 Å². The summed E-state index contributed by atoms with van der Waals surface area (Å²) < 4.78 is 4.87. The first kappa shape index (κ1) is 8.37. The van der Waals surface area contributed by atoms with Gasteiger partial charge in [-0.2, -0.15) is 4.98 Å². The first-order chi connectivity index (χ1) is 6.24. The molecule has 0 aromatic carbocycles. The molecule has 2 heterocycles. The fraction of sp³-hybridized carbons (Fsp3) is 0.375. The summed E-state index contributed by atoms with van der Waals surface area (Å²) in [6.45, 7) is 3.77. The van der Waals surface area contributed by atoms with Crippen molar-refractivity contribution in [3.63, 3.8) is 0 Å². The Balaban J connectivity index is 2.14. The molecule has 0 aliphatic rings. The first-order valence-corrected chi connectivity index (χ1v) is 4.76. The lowest BCUT2D eigenvalue weighted by Crippen LogP contribution is -1.86. The van der Waals surface area contributed by atoms with E-state index in [0.29, 0.717) is 12.3 Å². The van der Waals surface area contributed by atoms with Crippen molar-refractivity contribution < 1.29 is 4.52 Å². The van der Waals surface area contributed by atoms with Crippen LogP contribution in [0.3, 0.4) is 0 Å². The van der Waals surface area contributed by atoms with Gasteiger partial charge in [-0.05, 0) is 6.92 Å². The SMILES string of the molecule is Cc1nc(Cc2cnc(C)s2)no1. The number of rotatable bonds is 2. The van der Waals surface area contributed by atoms with Gasteiger partial charge in [-0.1, -0.05) is 5.16 Å². The second-order valence-electron chi connectivity index (χ2n) is 2.75. The number of thiazole rings is 1. The van der Waals surface area contributed by atoms with Gasteiger partial charge in [0.25, 0.3) is 0 Å². The molecule has 0 bridgehead atoms. The summed E-state index contributed by atoms with van der Waals surface area (Å²) in [5.74, 6) is 1.33. The summed E-state index contributed by atoms with van der Waals surface area (Å²) in [4.78, 5) is 9.43. The minimum Gasteiger partial charge on any atom is -0.340 e. The molecule has 2 aromatic heterocycles. The molecule has 0 aliphatic carbocycles.